The Morgan fingerprint density at radius 2 is 2.08 bits per heavy atom. The third kappa shape index (κ3) is 4.92. The minimum atomic E-state index is -0.491. The summed E-state index contributed by atoms with van der Waals surface area (Å²) >= 11 is 13.1. The first-order chi connectivity index (χ1) is 23.8. The van der Waals surface area contributed by atoms with E-state index in [0.29, 0.717) is 58.1 Å². The van der Waals surface area contributed by atoms with Crippen LogP contribution in [0.25, 0.3) is 32.9 Å². The molecule has 9 nitrogen and oxygen atoms in total. The number of amides is 1. The third-order valence-corrected chi connectivity index (χ3v) is 11.7. The number of aromatic nitrogens is 3. The van der Waals surface area contributed by atoms with E-state index in [1.54, 1.807) is 24.4 Å². The van der Waals surface area contributed by atoms with Crippen molar-refractivity contribution in [2.45, 2.75) is 69.7 Å². The maximum Gasteiger partial charge on any atom is 0.393 e. The molecule has 5 atom stereocenters. The number of likely N-dealkylation sites (tertiary alicyclic amines) is 1. The molecule has 3 aliphatic heterocycles. The molecular weight excluding hydrogens is 666 g/mol. The fourth-order valence-electron chi connectivity index (χ4n) is 8.48. The Labute approximate surface area is 291 Å². The molecule has 1 amide bonds. The molecule has 2 saturated carbocycles. The lowest BCUT2D eigenvalue weighted by Gasteiger charge is -2.39. The van der Waals surface area contributed by atoms with Gasteiger partial charge >= 0.3 is 6.08 Å². The van der Waals surface area contributed by atoms with Crippen LogP contribution in [0, 0.1) is 35.9 Å². The Morgan fingerprint density at radius 1 is 1.22 bits per heavy atom. The Kier molecular flexibility index (Phi) is 7.38. The number of pyridine rings is 1. The molecule has 5 unspecified atom stereocenters. The van der Waals surface area contributed by atoms with Crippen molar-refractivity contribution in [3.05, 3.63) is 75.6 Å². The number of hydrogen-bond donors (Lipinski definition) is 1. The normalized spacial score (nSPS) is 24.5. The first-order valence-electron chi connectivity index (χ1n) is 16.9. The average Bonchev–Trinajstić information content (AvgIpc) is 3.59. The lowest BCUT2D eigenvalue weighted by molar-refractivity contribution is -0.133. The molecule has 2 aromatic carbocycles. The van der Waals surface area contributed by atoms with Gasteiger partial charge in [0.1, 0.15) is 17.9 Å². The summed E-state index contributed by atoms with van der Waals surface area (Å²) in [6.45, 7) is 3.24. The molecule has 250 valence electrons. The van der Waals surface area contributed by atoms with Gasteiger partial charge in [-0.15, -0.1) is 0 Å². The molecule has 3 saturated heterocycles. The van der Waals surface area contributed by atoms with Crippen LogP contribution in [0.5, 0.6) is 6.08 Å². The molecule has 1 N–H and O–H groups in total. The number of nitrogens with zero attached hydrogens (tertiary/aromatic N) is 5. The van der Waals surface area contributed by atoms with E-state index in [1.807, 2.05) is 17.9 Å². The van der Waals surface area contributed by atoms with Crippen LogP contribution in [0.1, 0.15) is 61.1 Å². The van der Waals surface area contributed by atoms with Gasteiger partial charge in [-0.1, -0.05) is 35.3 Å². The highest BCUT2D eigenvalue weighted by Gasteiger charge is 2.51. The molecular formula is C37H33Cl2FN6O3. The summed E-state index contributed by atoms with van der Waals surface area (Å²) in [6, 6.07) is 11.7. The number of aryl methyl sites for hydroxylation is 2. The average molecular weight is 700 g/mol. The van der Waals surface area contributed by atoms with Crippen LogP contribution in [0.4, 0.5) is 4.39 Å². The summed E-state index contributed by atoms with van der Waals surface area (Å²) in [5, 5.41) is 15.4. The van der Waals surface area contributed by atoms with E-state index in [-0.39, 0.29) is 59.1 Å². The van der Waals surface area contributed by atoms with Crippen molar-refractivity contribution in [1.82, 2.24) is 24.8 Å². The first-order valence-corrected chi connectivity index (χ1v) is 17.7. The summed E-state index contributed by atoms with van der Waals surface area (Å²) < 4.78 is 31.0. The SMILES string of the molecule is Cc1nc2c(F)c(-c3cccc(Cl)c3Cl)c(CCC#N)cc2c2c1cc(C1CC(Oc3ncco3)CN1C(=O)C1CC1)n2C1C2CNC1C2. The summed E-state index contributed by atoms with van der Waals surface area (Å²) in [7, 11) is 0. The fraction of sp³-hybridized carbons (Fsp3) is 0.405. The highest BCUT2D eigenvalue weighted by atomic mass is 35.5. The minimum absolute atomic E-state index is 0.0279. The van der Waals surface area contributed by atoms with E-state index in [4.69, 9.17) is 37.3 Å². The van der Waals surface area contributed by atoms with Gasteiger partial charge in [-0.3, -0.25) is 4.79 Å². The minimum Gasteiger partial charge on any atom is -0.445 e. The third-order valence-electron chi connectivity index (χ3n) is 10.9. The molecule has 49 heavy (non-hydrogen) atoms. The molecule has 0 radical (unpaired) electrons. The molecule has 5 aromatic rings. The summed E-state index contributed by atoms with van der Waals surface area (Å²) in [4.78, 5) is 24.9. The number of rotatable bonds is 8. The van der Waals surface area contributed by atoms with Gasteiger partial charge in [0.2, 0.25) is 5.91 Å². The van der Waals surface area contributed by atoms with E-state index in [1.165, 1.54) is 6.26 Å². The number of carbonyl (C=O) groups is 1. The molecule has 0 spiro atoms. The largest absolute Gasteiger partial charge is 0.445 e. The second-order valence-electron chi connectivity index (χ2n) is 13.8. The van der Waals surface area contributed by atoms with Crippen LogP contribution in [0.15, 0.2) is 47.2 Å². The van der Waals surface area contributed by atoms with E-state index in [2.05, 4.69) is 27.0 Å². The molecule has 5 fully saturated rings. The smallest absolute Gasteiger partial charge is 0.393 e. The van der Waals surface area contributed by atoms with Crippen LogP contribution in [-0.2, 0) is 11.2 Å². The highest BCUT2D eigenvalue weighted by Crippen LogP contribution is 2.51. The van der Waals surface area contributed by atoms with Gasteiger partial charge in [-0.2, -0.15) is 10.2 Å². The Bertz CT molecular complexity index is 2180. The standard InChI is InChI=1S/C37H33Cl2FN6O3/c1-18-24-15-29(28-14-22(49-37-42-10-11-48-37)17-45(28)36(47)19-7-8-19)46(34-21-13-27(34)43-16-21)35(24)25-12-20(4-3-9-41)30(32(40)33(25)44-18)23-5-2-6-26(38)31(23)39/h2,5-6,10-12,15,19,21-22,27-28,34,43H,3-4,7-8,13-14,16-17H2,1H3. The van der Waals surface area contributed by atoms with Gasteiger partial charge in [-0.25, -0.2) is 9.37 Å². The zero-order chi connectivity index (χ0) is 33.6. The van der Waals surface area contributed by atoms with E-state index < -0.39 is 5.82 Å². The van der Waals surface area contributed by atoms with Crippen molar-refractivity contribution in [2.24, 2.45) is 11.8 Å². The number of oxazole rings is 1. The predicted octanol–water partition coefficient (Wildman–Crippen LogP) is 7.72. The van der Waals surface area contributed by atoms with Crippen molar-refractivity contribution in [3.63, 3.8) is 0 Å². The Hall–Kier alpha value is -4.17. The van der Waals surface area contributed by atoms with Gasteiger partial charge in [0.15, 0.2) is 5.82 Å². The lowest BCUT2D eigenvalue weighted by Crippen LogP contribution is -2.41. The molecule has 2 aliphatic carbocycles. The second-order valence-corrected chi connectivity index (χ2v) is 14.6. The van der Waals surface area contributed by atoms with E-state index in [0.717, 1.165) is 42.4 Å². The van der Waals surface area contributed by atoms with Crippen molar-refractivity contribution in [1.29, 1.82) is 5.26 Å². The van der Waals surface area contributed by atoms with Crippen LogP contribution in [0.3, 0.4) is 0 Å². The lowest BCUT2D eigenvalue weighted by atomic mass is 9.79. The van der Waals surface area contributed by atoms with Crippen molar-refractivity contribution < 1.29 is 18.3 Å². The number of hydrogen-bond acceptors (Lipinski definition) is 7. The zero-order valence-electron chi connectivity index (χ0n) is 26.8. The zero-order valence-corrected chi connectivity index (χ0v) is 28.3. The molecule has 10 rings (SSSR count). The quantitative estimate of drug-likeness (QED) is 0.177. The first kappa shape index (κ1) is 30.9. The highest BCUT2D eigenvalue weighted by molar-refractivity contribution is 6.43. The second kappa shape index (κ2) is 11.7. The summed E-state index contributed by atoms with van der Waals surface area (Å²) in [6.07, 6.45) is 6.85. The number of fused-ring (bicyclic) bond motifs is 4. The van der Waals surface area contributed by atoms with Crippen LogP contribution < -0.4 is 10.1 Å². The maximum absolute atomic E-state index is 17.1. The number of nitrogens with one attached hydrogen (secondary N) is 1. The predicted molar refractivity (Wildman–Crippen MR) is 183 cm³/mol. The molecule has 12 heteroatoms. The number of halogens is 3. The van der Waals surface area contributed by atoms with Crippen molar-refractivity contribution >= 4 is 50.9 Å². The van der Waals surface area contributed by atoms with Crippen LogP contribution >= 0.6 is 23.2 Å². The van der Waals surface area contributed by atoms with Crippen molar-refractivity contribution in [3.8, 4) is 23.3 Å². The van der Waals surface area contributed by atoms with Crippen molar-refractivity contribution in [2.75, 3.05) is 13.1 Å². The number of ether oxygens (including phenoxy) is 1. The molecule has 6 heterocycles. The van der Waals surface area contributed by atoms with Gasteiger partial charge in [0.05, 0.1) is 46.5 Å². The van der Waals surface area contributed by atoms with E-state index >= 15 is 4.39 Å². The van der Waals surface area contributed by atoms with Gasteiger partial charge in [0, 0.05) is 64.6 Å². The van der Waals surface area contributed by atoms with Crippen LogP contribution in [0.2, 0.25) is 10.0 Å². The number of carbonyl (C=O) groups excluding carboxylic acids is 1. The van der Waals surface area contributed by atoms with Gasteiger partial charge in [-0.05, 0) is 62.3 Å². The Balaban J connectivity index is 1.28. The monoisotopic (exact) mass is 698 g/mol. The van der Waals surface area contributed by atoms with Crippen LogP contribution in [-0.4, -0.2) is 50.6 Å². The summed E-state index contributed by atoms with van der Waals surface area (Å²) in [5.41, 5.74) is 4.29. The molecule has 3 aromatic heterocycles. The Morgan fingerprint density at radius 3 is 2.80 bits per heavy atom. The van der Waals surface area contributed by atoms with Gasteiger partial charge < -0.3 is 23.9 Å². The number of nitriles is 1. The molecule has 5 aliphatic rings. The van der Waals surface area contributed by atoms with E-state index in [9.17, 15) is 10.1 Å². The molecule has 2 bridgehead atoms. The fourth-order valence-corrected chi connectivity index (χ4v) is 8.88. The maximum atomic E-state index is 17.1. The topological polar surface area (TPSA) is 109 Å². The summed E-state index contributed by atoms with van der Waals surface area (Å²) in [5.74, 6) is 0.0841. The van der Waals surface area contributed by atoms with Gasteiger partial charge in [0.25, 0.3) is 0 Å². The number of benzene rings is 2.